The molecule has 0 unspecified atom stereocenters. The Morgan fingerprint density at radius 2 is 1.69 bits per heavy atom. The highest BCUT2D eigenvalue weighted by molar-refractivity contribution is 7.89. The lowest BCUT2D eigenvalue weighted by Crippen LogP contribution is -2.30. The Morgan fingerprint density at radius 3 is 2.34 bits per heavy atom. The summed E-state index contributed by atoms with van der Waals surface area (Å²) < 4.78 is 37.4. The van der Waals surface area contributed by atoms with Crippen molar-refractivity contribution in [2.45, 2.75) is 38.5 Å². The molecular formula is C24H28N2O5S. The molecule has 1 amide bonds. The van der Waals surface area contributed by atoms with E-state index in [4.69, 9.17) is 9.15 Å². The molecule has 1 N–H and O–H groups in total. The fourth-order valence-electron chi connectivity index (χ4n) is 3.27. The Labute approximate surface area is 189 Å². The first-order chi connectivity index (χ1) is 15.4. The zero-order chi connectivity index (χ0) is 23.0. The monoisotopic (exact) mass is 456 g/mol. The summed E-state index contributed by atoms with van der Waals surface area (Å²) in [5.74, 6) is 0.501. The van der Waals surface area contributed by atoms with Crippen molar-refractivity contribution < 1.29 is 22.4 Å². The maximum atomic E-state index is 12.6. The number of sulfonamides is 1. The first-order valence-electron chi connectivity index (χ1n) is 10.5. The summed E-state index contributed by atoms with van der Waals surface area (Å²) in [5.41, 5.74) is 2.34. The summed E-state index contributed by atoms with van der Waals surface area (Å²) in [5, 5.41) is 2.87. The van der Waals surface area contributed by atoms with Gasteiger partial charge < -0.3 is 14.5 Å². The predicted octanol–water partition coefficient (Wildman–Crippen LogP) is 3.96. The van der Waals surface area contributed by atoms with Gasteiger partial charge in [0.1, 0.15) is 12.4 Å². The van der Waals surface area contributed by atoms with E-state index in [1.165, 1.54) is 28.6 Å². The number of nitrogens with zero attached hydrogens (tertiary/aromatic N) is 1. The summed E-state index contributed by atoms with van der Waals surface area (Å²) in [6.45, 7) is 5.57. The fraction of sp³-hybridized carbons (Fsp3) is 0.292. The molecule has 0 spiro atoms. The number of hydrogen-bond donors (Lipinski definition) is 1. The van der Waals surface area contributed by atoms with Crippen molar-refractivity contribution in [3.8, 4) is 0 Å². The van der Waals surface area contributed by atoms with E-state index in [0.29, 0.717) is 38.4 Å². The molecule has 170 valence electrons. The Bertz CT molecular complexity index is 1110. The van der Waals surface area contributed by atoms with Gasteiger partial charge >= 0.3 is 0 Å². The number of furan rings is 1. The third-order valence-electron chi connectivity index (χ3n) is 5.00. The van der Waals surface area contributed by atoms with Crippen LogP contribution in [0.1, 0.15) is 41.1 Å². The molecule has 0 radical (unpaired) electrons. The predicted molar refractivity (Wildman–Crippen MR) is 121 cm³/mol. The molecule has 0 aliphatic heterocycles. The van der Waals surface area contributed by atoms with Crippen molar-refractivity contribution >= 4 is 15.9 Å². The molecule has 32 heavy (non-hydrogen) atoms. The van der Waals surface area contributed by atoms with Gasteiger partial charge in [-0.2, -0.15) is 4.31 Å². The number of ether oxygens (including phenoxy) is 1. The second-order valence-corrected chi connectivity index (χ2v) is 9.13. The average molecular weight is 457 g/mol. The number of hydrogen-bond acceptors (Lipinski definition) is 5. The fourth-order valence-corrected chi connectivity index (χ4v) is 4.73. The van der Waals surface area contributed by atoms with Crippen LogP contribution >= 0.6 is 0 Å². The first-order valence-corrected chi connectivity index (χ1v) is 11.9. The quantitative estimate of drug-likeness (QED) is 0.472. The molecule has 0 atom stereocenters. The van der Waals surface area contributed by atoms with Crippen LogP contribution in [0.15, 0.2) is 76.2 Å². The molecule has 3 rings (SSSR count). The van der Waals surface area contributed by atoms with Gasteiger partial charge in [-0.25, -0.2) is 8.42 Å². The van der Waals surface area contributed by atoms with Crippen LogP contribution in [0, 0.1) is 0 Å². The van der Waals surface area contributed by atoms with Crippen LogP contribution < -0.4 is 5.32 Å². The van der Waals surface area contributed by atoms with E-state index in [9.17, 15) is 13.2 Å². The van der Waals surface area contributed by atoms with E-state index in [1.54, 1.807) is 20.1 Å². The zero-order valence-electron chi connectivity index (χ0n) is 18.3. The van der Waals surface area contributed by atoms with E-state index in [2.05, 4.69) is 5.32 Å². The standard InChI is InChI=1S/C24H28N2O5S/c1-3-26(4-2)32(28,29)23-12-10-21(11-13-23)24(27)25-16-19-7-5-8-20(15-19)17-30-18-22-9-6-14-31-22/h5-15H,3-4,16-18H2,1-2H3,(H,25,27). The summed E-state index contributed by atoms with van der Waals surface area (Å²) in [7, 11) is -3.54. The van der Waals surface area contributed by atoms with E-state index < -0.39 is 10.0 Å². The normalized spacial score (nSPS) is 11.6. The molecular weight excluding hydrogens is 428 g/mol. The molecule has 0 aliphatic carbocycles. The molecule has 0 saturated heterocycles. The van der Waals surface area contributed by atoms with Gasteiger partial charge in [-0.05, 0) is 47.5 Å². The number of carbonyl (C=O) groups excluding carboxylic acids is 1. The van der Waals surface area contributed by atoms with Crippen LogP contribution in [0.5, 0.6) is 0 Å². The van der Waals surface area contributed by atoms with Crippen molar-refractivity contribution in [3.63, 3.8) is 0 Å². The number of rotatable bonds is 11. The van der Waals surface area contributed by atoms with Gasteiger partial charge in [-0.3, -0.25) is 4.79 Å². The molecule has 0 fully saturated rings. The summed E-state index contributed by atoms with van der Waals surface area (Å²) in [6.07, 6.45) is 1.61. The molecule has 0 saturated carbocycles. The molecule has 0 aliphatic rings. The van der Waals surface area contributed by atoms with Gasteiger partial charge in [0.15, 0.2) is 0 Å². The molecule has 7 nitrogen and oxygen atoms in total. The zero-order valence-corrected chi connectivity index (χ0v) is 19.1. The number of amides is 1. The lowest BCUT2D eigenvalue weighted by atomic mass is 10.1. The highest BCUT2D eigenvalue weighted by Gasteiger charge is 2.21. The van der Waals surface area contributed by atoms with Crippen LogP contribution in [-0.4, -0.2) is 31.7 Å². The third-order valence-corrected chi connectivity index (χ3v) is 7.06. The summed E-state index contributed by atoms with van der Waals surface area (Å²) >= 11 is 0. The maximum absolute atomic E-state index is 12.6. The lowest BCUT2D eigenvalue weighted by molar-refractivity contribution is 0.0928. The van der Waals surface area contributed by atoms with Crippen LogP contribution in [0.2, 0.25) is 0 Å². The topological polar surface area (TPSA) is 88.9 Å². The van der Waals surface area contributed by atoms with E-state index in [-0.39, 0.29) is 10.8 Å². The highest BCUT2D eigenvalue weighted by Crippen LogP contribution is 2.16. The Morgan fingerprint density at radius 1 is 0.969 bits per heavy atom. The first kappa shape index (κ1) is 23.7. The SMILES string of the molecule is CCN(CC)S(=O)(=O)c1ccc(C(=O)NCc2cccc(COCc3ccco3)c2)cc1. The third kappa shape index (κ3) is 6.06. The smallest absolute Gasteiger partial charge is 0.251 e. The van der Waals surface area contributed by atoms with Gasteiger partial charge in [0.05, 0.1) is 17.8 Å². The second kappa shape index (κ2) is 11.1. The average Bonchev–Trinajstić information content (AvgIpc) is 3.32. The second-order valence-electron chi connectivity index (χ2n) is 7.19. The Hall–Kier alpha value is -2.94. The van der Waals surface area contributed by atoms with Gasteiger partial charge in [0, 0.05) is 25.2 Å². The van der Waals surface area contributed by atoms with Gasteiger partial charge in [0.25, 0.3) is 5.91 Å². The molecule has 0 bridgehead atoms. The molecule has 1 heterocycles. The molecule has 3 aromatic rings. The van der Waals surface area contributed by atoms with Crippen LogP contribution in [0.25, 0.3) is 0 Å². The highest BCUT2D eigenvalue weighted by atomic mass is 32.2. The van der Waals surface area contributed by atoms with E-state index >= 15 is 0 Å². The van der Waals surface area contributed by atoms with E-state index in [1.807, 2.05) is 36.4 Å². The van der Waals surface area contributed by atoms with Crippen LogP contribution in [-0.2, 0) is 34.5 Å². The summed E-state index contributed by atoms with van der Waals surface area (Å²) in [4.78, 5) is 12.7. The van der Waals surface area contributed by atoms with Gasteiger partial charge in [-0.15, -0.1) is 0 Å². The largest absolute Gasteiger partial charge is 0.467 e. The van der Waals surface area contributed by atoms with Crippen molar-refractivity contribution in [1.82, 2.24) is 9.62 Å². The van der Waals surface area contributed by atoms with Crippen molar-refractivity contribution in [1.29, 1.82) is 0 Å². The summed E-state index contributed by atoms with van der Waals surface area (Å²) in [6, 6.07) is 17.5. The van der Waals surface area contributed by atoms with E-state index in [0.717, 1.165) is 16.9 Å². The molecule has 1 aromatic heterocycles. The van der Waals surface area contributed by atoms with Gasteiger partial charge in [0.2, 0.25) is 10.0 Å². The van der Waals surface area contributed by atoms with Crippen molar-refractivity contribution in [2.24, 2.45) is 0 Å². The van der Waals surface area contributed by atoms with Crippen molar-refractivity contribution in [3.05, 3.63) is 89.4 Å². The molecule has 8 heteroatoms. The van der Waals surface area contributed by atoms with Crippen LogP contribution in [0.3, 0.4) is 0 Å². The number of benzene rings is 2. The Kier molecular flexibility index (Phi) is 8.21. The minimum atomic E-state index is -3.54. The van der Waals surface area contributed by atoms with Crippen molar-refractivity contribution in [2.75, 3.05) is 13.1 Å². The molecule has 2 aromatic carbocycles. The van der Waals surface area contributed by atoms with Crippen LogP contribution in [0.4, 0.5) is 0 Å². The maximum Gasteiger partial charge on any atom is 0.251 e. The lowest BCUT2D eigenvalue weighted by Gasteiger charge is -2.18. The number of nitrogens with one attached hydrogen (secondary N) is 1. The van der Waals surface area contributed by atoms with Gasteiger partial charge in [-0.1, -0.05) is 38.1 Å². The number of carbonyl (C=O) groups is 1. The minimum absolute atomic E-state index is 0.181. The minimum Gasteiger partial charge on any atom is -0.467 e. The Balaban J connectivity index is 1.55.